The average molecular weight is 339 g/mol. The van der Waals surface area contributed by atoms with E-state index in [1.807, 2.05) is 0 Å². The molecule has 2 aromatic rings. The number of carbonyl (C=O) groups is 1. The molecular formula is C15H12F3N3O3. The summed E-state index contributed by atoms with van der Waals surface area (Å²) in [5, 5.41) is 9.06. The molecule has 6 nitrogen and oxygen atoms in total. The molecule has 24 heavy (non-hydrogen) atoms. The van der Waals surface area contributed by atoms with E-state index in [4.69, 9.17) is 15.7 Å². The zero-order chi connectivity index (χ0) is 18.1. The molecule has 1 aromatic carbocycles. The van der Waals surface area contributed by atoms with Crippen LogP contribution in [0.3, 0.4) is 0 Å². The van der Waals surface area contributed by atoms with Crippen molar-refractivity contribution in [1.29, 1.82) is 5.26 Å². The van der Waals surface area contributed by atoms with Gasteiger partial charge in [0.25, 0.3) is 0 Å². The maximum Gasteiger partial charge on any atom is 0.416 e. The van der Waals surface area contributed by atoms with Crippen LogP contribution in [-0.4, -0.2) is 24.8 Å². The van der Waals surface area contributed by atoms with Crippen molar-refractivity contribution in [2.24, 2.45) is 0 Å². The van der Waals surface area contributed by atoms with E-state index >= 15 is 0 Å². The molecule has 1 heterocycles. The first-order valence-electron chi connectivity index (χ1n) is 6.49. The molecule has 0 bridgehead atoms. The Balaban J connectivity index is 2.80. The quantitative estimate of drug-likeness (QED) is 0.869. The molecule has 0 aliphatic carbocycles. The van der Waals surface area contributed by atoms with Crippen LogP contribution in [0, 0.1) is 11.3 Å². The SMILES string of the molecule is COC(=O)c1c(N)c(C#N)cn1-c1cc(C(F)(F)F)ccc1OC. The molecular weight excluding hydrogens is 327 g/mol. The van der Waals surface area contributed by atoms with Crippen LogP contribution in [-0.2, 0) is 10.9 Å². The molecule has 0 radical (unpaired) electrons. The fraction of sp³-hybridized carbons (Fsp3) is 0.200. The lowest BCUT2D eigenvalue weighted by molar-refractivity contribution is -0.137. The largest absolute Gasteiger partial charge is 0.495 e. The van der Waals surface area contributed by atoms with Gasteiger partial charge in [-0.25, -0.2) is 4.79 Å². The van der Waals surface area contributed by atoms with Crippen molar-refractivity contribution < 1.29 is 27.4 Å². The summed E-state index contributed by atoms with van der Waals surface area (Å²) >= 11 is 0. The van der Waals surface area contributed by atoms with Crippen molar-refractivity contribution in [3.63, 3.8) is 0 Å². The van der Waals surface area contributed by atoms with Gasteiger partial charge in [0.1, 0.15) is 11.8 Å². The molecule has 9 heteroatoms. The van der Waals surface area contributed by atoms with Crippen LogP contribution in [0.2, 0.25) is 0 Å². The second-order valence-electron chi connectivity index (χ2n) is 4.66. The van der Waals surface area contributed by atoms with Crippen molar-refractivity contribution in [1.82, 2.24) is 4.57 Å². The van der Waals surface area contributed by atoms with Crippen LogP contribution in [0.25, 0.3) is 5.69 Å². The van der Waals surface area contributed by atoms with Crippen molar-refractivity contribution >= 4 is 11.7 Å². The van der Waals surface area contributed by atoms with Gasteiger partial charge in [-0.1, -0.05) is 0 Å². The number of anilines is 1. The van der Waals surface area contributed by atoms with Gasteiger partial charge >= 0.3 is 12.1 Å². The van der Waals surface area contributed by atoms with Crippen LogP contribution in [0.1, 0.15) is 21.6 Å². The Morgan fingerprint density at radius 2 is 2.00 bits per heavy atom. The Kier molecular flexibility index (Phi) is 4.41. The van der Waals surface area contributed by atoms with E-state index in [1.165, 1.54) is 7.11 Å². The summed E-state index contributed by atoms with van der Waals surface area (Å²) < 4.78 is 49.6. The summed E-state index contributed by atoms with van der Waals surface area (Å²) in [6.45, 7) is 0. The summed E-state index contributed by atoms with van der Waals surface area (Å²) in [5.41, 5.74) is 4.17. The Morgan fingerprint density at radius 1 is 1.33 bits per heavy atom. The lowest BCUT2D eigenvalue weighted by atomic mass is 10.1. The Bertz CT molecular complexity index is 835. The van der Waals surface area contributed by atoms with Crippen molar-refractivity contribution in [3.8, 4) is 17.5 Å². The van der Waals surface area contributed by atoms with E-state index < -0.39 is 17.7 Å². The lowest BCUT2D eigenvalue weighted by Gasteiger charge is -2.15. The Morgan fingerprint density at radius 3 is 2.50 bits per heavy atom. The number of aromatic nitrogens is 1. The smallest absolute Gasteiger partial charge is 0.416 e. The summed E-state index contributed by atoms with van der Waals surface area (Å²) in [5.74, 6) is -0.832. The molecule has 0 unspecified atom stereocenters. The minimum atomic E-state index is -4.59. The van der Waals surface area contributed by atoms with Gasteiger partial charge in [-0.05, 0) is 18.2 Å². The summed E-state index contributed by atoms with van der Waals surface area (Å²) in [4.78, 5) is 11.9. The van der Waals surface area contributed by atoms with Crippen molar-refractivity contribution in [3.05, 3.63) is 41.2 Å². The van der Waals surface area contributed by atoms with Gasteiger partial charge in [0.15, 0.2) is 5.69 Å². The highest BCUT2D eigenvalue weighted by atomic mass is 19.4. The van der Waals surface area contributed by atoms with E-state index in [-0.39, 0.29) is 28.4 Å². The molecule has 2 rings (SSSR count). The molecule has 0 saturated heterocycles. The number of nitrogens with zero attached hydrogens (tertiary/aromatic N) is 2. The normalized spacial score (nSPS) is 11.0. The molecule has 0 spiro atoms. The number of nitriles is 1. The van der Waals surface area contributed by atoms with E-state index in [1.54, 1.807) is 6.07 Å². The standard InChI is InChI=1S/C15H12F3N3O3/c1-23-11-4-3-9(15(16,17)18)5-10(11)21-7-8(6-19)12(20)13(21)14(22)24-2/h3-5,7H,20H2,1-2H3. The number of hydrogen-bond donors (Lipinski definition) is 1. The third-order valence-corrected chi connectivity index (χ3v) is 3.31. The van der Waals surface area contributed by atoms with Crippen LogP contribution in [0.4, 0.5) is 18.9 Å². The number of methoxy groups -OCH3 is 2. The molecule has 2 N–H and O–H groups in total. The molecule has 126 valence electrons. The van der Waals surface area contributed by atoms with Gasteiger partial charge in [0.05, 0.1) is 36.7 Å². The van der Waals surface area contributed by atoms with E-state index in [2.05, 4.69) is 4.74 Å². The second kappa shape index (κ2) is 6.16. The number of nitrogens with two attached hydrogens (primary N) is 1. The van der Waals surface area contributed by atoms with Gasteiger partial charge in [-0.2, -0.15) is 18.4 Å². The number of hydrogen-bond acceptors (Lipinski definition) is 5. The van der Waals surface area contributed by atoms with Crippen LogP contribution >= 0.6 is 0 Å². The first-order valence-corrected chi connectivity index (χ1v) is 6.49. The number of ether oxygens (including phenoxy) is 2. The van der Waals surface area contributed by atoms with E-state index in [0.717, 1.165) is 36.1 Å². The third-order valence-electron chi connectivity index (χ3n) is 3.31. The number of benzene rings is 1. The zero-order valence-corrected chi connectivity index (χ0v) is 12.6. The van der Waals surface area contributed by atoms with Gasteiger partial charge in [0, 0.05) is 6.20 Å². The Hall–Kier alpha value is -3.15. The van der Waals surface area contributed by atoms with E-state index in [9.17, 15) is 18.0 Å². The maximum absolute atomic E-state index is 13.0. The van der Waals surface area contributed by atoms with Gasteiger partial charge in [-0.15, -0.1) is 0 Å². The summed E-state index contributed by atoms with van der Waals surface area (Å²) in [6.07, 6.45) is -3.44. The maximum atomic E-state index is 13.0. The Labute approximate surface area is 134 Å². The van der Waals surface area contributed by atoms with Gasteiger partial charge in [-0.3, -0.25) is 0 Å². The fourth-order valence-electron chi connectivity index (χ4n) is 2.16. The highest BCUT2D eigenvalue weighted by Gasteiger charge is 2.32. The predicted molar refractivity (Wildman–Crippen MR) is 77.8 cm³/mol. The summed E-state index contributed by atoms with van der Waals surface area (Å²) in [7, 11) is 2.36. The number of esters is 1. The highest BCUT2D eigenvalue weighted by molar-refractivity contribution is 5.96. The minimum absolute atomic E-state index is 0.0626. The molecule has 0 atom stereocenters. The highest BCUT2D eigenvalue weighted by Crippen LogP contribution is 2.36. The van der Waals surface area contributed by atoms with Gasteiger partial charge < -0.3 is 19.8 Å². The molecule has 0 aliphatic rings. The zero-order valence-electron chi connectivity index (χ0n) is 12.6. The van der Waals surface area contributed by atoms with Gasteiger partial charge in [0.2, 0.25) is 0 Å². The topological polar surface area (TPSA) is 90.3 Å². The number of halogens is 3. The second-order valence-corrected chi connectivity index (χ2v) is 4.66. The first kappa shape index (κ1) is 17.2. The lowest BCUT2D eigenvalue weighted by Crippen LogP contribution is -2.13. The number of alkyl halides is 3. The monoisotopic (exact) mass is 339 g/mol. The number of nitrogen functional groups attached to an aromatic ring is 1. The predicted octanol–water partition coefficient (Wildman–Crippen LogP) is 2.75. The van der Waals surface area contributed by atoms with Crippen LogP contribution in [0.15, 0.2) is 24.4 Å². The number of rotatable bonds is 3. The third kappa shape index (κ3) is 2.86. The molecule has 0 saturated carbocycles. The van der Waals surface area contributed by atoms with Crippen LogP contribution in [0.5, 0.6) is 5.75 Å². The number of carbonyl (C=O) groups excluding carboxylic acids is 1. The minimum Gasteiger partial charge on any atom is -0.495 e. The molecule has 0 amide bonds. The fourth-order valence-corrected chi connectivity index (χ4v) is 2.16. The van der Waals surface area contributed by atoms with Crippen molar-refractivity contribution in [2.45, 2.75) is 6.18 Å². The van der Waals surface area contributed by atoms with Crippen molar-refractivity contribution in [2.75, 3.05) is 20.0 Å². The summed E-state index contributed by atoms with van der Waals surface area (Å²) in [6, 6.07) is 4.53. The molecule has 0 aliphatic heterocycles. The average Bonchev–Trinajstić information content (AvgIpc) is 2.89. The van der Waals surface area contributed by atoms with E-state index in [0.29, 0.717) is 0 Å². The molecule has 0 fully saturated rings. The van der Waals surface area contributed by atoms with Crippen LogP contribution < -0.4 is 10.5 Å². The first-order chi connectivity index (χ1) is 11.2. The molecule has 1 aromatic heterocycles.